The third-order valence-electron chi connectivity index (χ3n) is 3.76. The fourth-order valence-electron chi connectivity index (χ4n) is 2.15. The molecule has 17 heavy (non-hydrogen) atoms. The van der Waals surface area contributed by atoms with Gasteiger partial charge in [0.1, 0.15) is 0 Å². The predicted molar refractivity (Wildman–Crippen MR) is 72.7 cm³/mol. The van der Waals surface area contributed by atoms with Crippen molar-refractivity contribution in [3.8, 4) is 0 Å². The number of hydrogen-bond acceptors (Lipinski definition) is 3. The summed E-state index contributed by atoms with van der Waals surface area (Å²) in [6.07, 6.45) is 3.19. The minimum atomic E-state index is 0.566. The fraction of sp³-hybridized carbons (Fsp3) is 0.643. The van der Waals surface area contributed by atoms with Gasteiger partial charge in [-0.15, -0.1) is 0 Å². The summed E-state index contributed by atoms with van der Waals surface area (Å²) in [6.45, 7) is 8.96. The SMILES string of the molecule is CCC(C)c1ccc(N2CCN(C)CC2)cn1. The van der Waals surface area contributed by atoms with Crippen LogP contribution in [-0.2, 0) is 0 Å². The highest BCUT2D eigenvalue weighted by Crippen LogP contribution is 2.20. The first-order chi connectivity index (χ1) is 8.20. The summed E-state index contributed by atoms with van der Waals surface area (Å²) in [4.78, 5) is 9.38. The van der Waals surface area contributed by atoms with Crippen molar-refractivity contribution in [2.45, 2.75) is 26.2 Å². The molecule has 3 heteroatoms. The van der Waals surface area contributed by atoms with Crippen LogP contribution in [0.15, 0.2) is 18.3 Å². The fourth-order valence-corrected chi connectivity index (χ4v) is 2.15. The molecule has 0 radical (unpaired) electrons. The highest BCUT2D eigenvalue weighted by molar-refractivity contribution is 5.45. The second-order valence-corrected chi connectivity index (χ2v) is 5.04. The Morgan fingerprint density at radius 2 is 1.94 bits per heavy atom. The lowest BCUT2D eigenvalue weighted by Gasteiger charge is -2.33. The molecule has 94 valence electrons. The summed E-state index contributed by atoms with van der Waals surface area (Å²) >= 11 is 0. The molecule has 0 aliphatic carbocycles. The van der Waals surface area contributed by atoms with Crippen molar-refractivity contribution < 1.29 is 0 Å². The molecule has 1 atom stereocenters. The van der Waals surface area contributed by atoms with Gasteiger partial charge in [0.05, 0.1) is 11.9 Å². The smallest absolute Gasteiger partial charge is 0.0553 e. The van der Waals surface area contributed by atoms with Crippen LogP contribution in [0.2, 0.25) is 0 Å². The highest BCUT2D eigenvalue weighted by Gasteiger charge is 2.14. The molecule has 1 aromatic rings. The van der Waals surface area contributed by atoms with Gasteiger partial charge in [-0.2, -0.15) is 0 Å². The number of aromatic nitrogens is 1. The van der Waals surface area contributed by atoms with Gasteiger partial charge in [0.2, 0.25) is 0 Å². The van der Waals surface area contributed by atoms with E-state index in [9.17, 15) is 0 Å². The Kier molecular flexibility index (Phi) is 4.00. The van der Waals surface area contributed by atoms with Crippen LogP contribution in [0.25, 0.3) is 0 Å². The zero-order valence-corrected chi connectivity index (χ0v) is 11.2. The van der Waals surface area contributed by atoms with Crippen LogP contribution in [0.1, 0.15) is 31.9 Å². The molecular formula is C14H23N3. The summed E-state index contributed by atoms with van der Waals surface area (Å²) in [5.41, 5.74) is 2.48. The summed E-state index contributed by atoms with van der Waals surface area (Å²) < 4.78 is 0. The Balaban J connectivity index is 2.02. The molecule has 1 aliphatic heterocycles. The highest BCUT2D eigenvalue weighted by atomic mass is 15.2. The molecule has 2 heterocycles. The Morgan fingerprint density at radius 1 is 1.24 bits per heavy atom. The van der Waals surface area contributed by atoms with Gasteiger partial charge in [0.15, 0.2) is 0 Å². The lowest BCUT2D eigenvalue weighted by atomic mass is 10.0. The largest absolute Gasteiger partial charge is 0.368 e. The topological polar surface area (TPSA) is 19.4 Å². The van der Waals surface area contributed by atoms with E-state index in [1.807, 2.05) is 6.20 Å². The van der Waals surface area contributed by atoms with Gasteiger partial charge in [-0.05, 0) is 31.5 Å². The normalized spacial score (nSPS) is 19.4. The molecule has 1 fully saturated rings. The van der Waals surface area contributed by atoms with Gasteiger partial charge in [-0.1, -0.05) is 13.8 Å². The van der Waals surface area contributed by atoms with Gasteiger partial charge in [0.25, 0.3) is 0 Å². The number of piperazine rings is 1. The first-order valence-corrected chi connectivity index (χ1v) is 6.60. The Hall–Kier alpha value is -1.09. The van der Waals surface area contributed by atoms with E-state index in [1.165, 1.54) is 11.4 Å². The first-order valence-electron chi connectivity index (χ1n) is 6.60. The quantitative estimate of drug-likeness (QED) is 0.799. The van der Waals surface area contributed by atoms with Gasteiger partial charge in [-0.3, -0.25) is 4.98 Å². The van der Waals surface area contributed by atoms with Crippen molar-refractivity contribution in [3.05, 3.63) is 24.0 Å². The standard InChI is InChI=1S/C14H23N3/c1-4-12(2)14-6-5-13(11-15-14)17-9-7-16(3)8-10-17/h5-6,11-12H,4,7-10H2,1-3H3. The minimum absolute atomic E-state index is 0.566. The molecule has 1 unspecified atom stereocenters. The number of rotatable bonds is 3. The van der Waals surface area contributed by atoms with E-state index in [0.29, 0.717) is 5.92 Å². The Morgan fingerprint density at radius 3 is 2.47 bits per heavy atom. The van der Waals surface area contributed by atoms with E-state index in [2.05, 4.69) is 47.8 Å². The monoisotopic (exact) mass is 233 g/mol. The van der Waals surface area contributed by atoms with E-state index < -0.39 is 0 Å². The molecule has 1 saturated heterocycles. The van der Waals surface area contributed by atoms with Crippen LogP contribution in [0.5, 0.6) is 0 Å². The molecule has 0 amide bonds. The molecule has 1 aromatic heterocycles. The molecule has 0 spiro atoms. The van der Waals surface area contributed by atoms with Gasteiger partial charge < -0.3 is 9.80 Å². The van der Waals surface area contributed by atoms with Gasteiger partial charge in [0, 0.05) is 31.9 Å². The third kappa shape index (κ3) is 2.97. The number of pyridine rings is 1. The molecule has 3 nitrogen and oxygen atoms in total. The summed E-state index contributed by atoms with van der Waals surface area (Å²) in [6, 6.07) is 4.40. The maximum atomic E-state index is 4.59. The number of nitrogens with zero attached hydrogens (tertiary/aromatic N) is 3. The van der Waals surface area contributed by atoms with Crippen molar-refractivity contribution in [1.82, 2.24) is 9.88 Å². The van der Waals surface area contributed by atoms with Crippen LogP contribution in [0.3, 0.4) is 0 Å². The van der Waals surface area contributed by atoms with Gasteiger partial charge >= 0.3 is 0 Å². The maximum Gasteiger partial charge on any atom is 0.0553 e. The minimum Gasteiger partial charge on any atom is -0.368 e. The van der Waals surface area contributed by atoms with E-state index in [-0.39, 0.29) is 0 Å². The van der Waals surface area contributed by atoms with Crippen molar-refractivity contribution in [1.29, 1.82) is 0 Å². The lowest BCUT2D eigenvalue weighted by molar-refractivity contribution is 0.313. The average Bonchev–Trinajstić information content (AvgIpc) is 2.39. The molecule has 1 aliphatic rings. The zero-order valence-electron chi connectivity index (χ0n) is 11.2. The third-order valence-corrected chi connectivity index (χ3v) is 3.76. The number of anilines is 1. The van der Waals surface area contributed by atoms with Crippen molar-refractivity contribution in [3.63, 3.8) is 0 Å². The summed E-state index contributed by atoms with van der Waals surface area (Å²) in [5, 5.41) is 0. The van der Waals surface area contributed by atoms with Gasteiger partial charge in [-0.25, -0.2) is 0 Å². The maximum absolute atomic E-state index is 4.59. The Bertz CT molecular complexity index is 339. The molecule has 0 N–H and O–H groups in total. The molecule has 0 aromatic carbocycles. The zero-order chi connectivity index (χ0) is 12.3. The predicted octanol–water partition coefficient (Wildman–Crippen LogP) is 2.35. The van der Waals surface area contributed by atoms with E-state index >= 15 is 0 Å². The van der Waals surface area contributed by atoms with Crippen LogP contribution >= 0.6 is 0 Å². The lowest BCUT2D eigenvalue weighted by Crippen LogP contribution is -2.44. The molecular weight excluding hydrogens is 210 g/mol. The molecule has 0 bridgehead atoms. The average molecular weight is 233 g/mol. The summed E-state index contributed by atoms with van der Waals surface area (Å²) in [7, 11) is 2.18. The Labute approximate surface area is 104 Å². The molecule has 2 rings (SSSR count). The van der Waals surface area contributed by atoms with Crippen LogP contribution < -0.4 is 4.90 Å². The van der Waals surface area contributed by atoms with E-state index in [0.717, 1.165) is 32.6 Å². The van der Waals surface area contributed by atoms with E-state index in [1.54, 1.807) is 0 Å². The van der Waals surface area contributed by atoms with Crippen molar-refractivity contribution in [2.75, 3.05) is 38.1 Å². The van der Waals surface area contributed by atoms with Crippen LogP contribution in [-0.4, -0.2) is 43.1 Å². The second kappa shape index (κ2) is 5.50. The van der Waals surface area contributed by atoms with E-state index in [4.69, 9.17) is 0 Å². The summed E-state index contributed by atoms with van der Waals surface area (Å²) in [5.74, 6) is 0.566. The van der Waals surface area contributed by atoms with Crippen molar-refractivity contribution in [2.24, 2.45) is 0 Å². The number of likely N-dealkylation sites (N-methyl/N-ethyl adjacent to an activating group) is 1. The van der Waals surface area contributed by atoms with Crippen LogP contribution in [0, 0.1) is 0 Å². The van der Waals surface area contributed by atoms with Crippen LogP contribution in [0.4, 0.5) is 5.69 Å². The number of hydrogen-bond donors (Lipinski definition) is 0. The second-order valence-electron chi connectivity index (χ2n) is 5.04. The molecule has 0 saturated carbocycles. The first kappa shape index (κ1) is 12.4. The van der Waals surface area contributed by atoms with Crippen molar-refractivity contribution >= 4 is 5.69 Å².